The van der Waals surface area contributed by atoms with E-state index in [0.29, 0.717) is 25.1 Å². The number of hydrogen-bond donors (Lipinski definition) is 1. The van der Waals surface area contributed by atoms with Crippen LogP contribution in [0.5, 0.6) is 0 Å². The number of halogens is 1. The first-order chi connectivity index (χ1) is 14.7. The lowest BCUT2D eigenvalue weighted by molar-refractivity contribution is -0.121. The summed E-state index contributed by atoms with van der Waals surface area (Å²) < 4.78 is 32.1. The van der Waals surface area contributed by atoms with Crippen molar-refractivity contribution in [3.05, 3.63) is 24.0 Å². The van der Waals surface area contributed by atoms with E-state index in [-0.39, 0.29) is 23.8 Å². The van der Waals surface area contributed by atoms with Crippen LogP contribution < -0.4 is 10.8 Å². The van der Waals surface area contributed by atoms with E-state index in [4.69, 9.17) is 14.0 Å². The van der Waals surface area contributed by atoms with Gasteiger partial charge in [-0.05, 0) is 73.4 Å². The Hall–Kier alpha value is -2.13. The molecule has 9 heteroatoms. The van der Waals surface area contributed by atoms with E-state index >= 15 is 0 Å². The van der Waals surface area contributed by atoms with Gasteiger partial charge in [-0.2, -0.15) is 0 Å². The van der Waals surface area contributed by atoms with Crippen LogP contribution in [0.4, 0.5) is 14.9 Å². The van der Waals surface area contributed by atoms with Gasteiger partial charge in [0.25, 0.3) is 0 Å². The van der Waals surface area contributed by atoms with Gasteiger partial charge in [0.2, 0.25) is 5.91 Å². The first-order valence-corrected chi connectivity index (χ1v) is 11.1. The number of nitrogens with one attached hydrogen (secondary N) is 1. The summed E-state index contributed by atoms with van der Waals surface area (Å²) >= 11 is 0. The SMILES string of the molecule is CC(C)(C)OC(=O)N1CCCC(C(=O)Nc2ccc(B3OC(C)(C)C(C)(C)O3)c(F)c2)C1. The average Bonchev–Trinajstić information content (AvgIpc) is 2.87. The van der Waals surface area contributed by atoms with Gasteiger partial charge in [-0.3, -0.25) is 4.79 Å². The third kappa shape index (κ3) is 5.43. The highest BCUT2D eigenvalue weighted by Crippen LogP contribution is 2.36. The van der Waals surface area contributed by atoms with Crippen molar-refractivity contribution in [1.82, 2.24) is 4.90 Å². The largest absolute Gasteiger partial charge is 0.497 e. The third-order valence-electron chi connectivity index (χ3n) is 6.22. The molecular weight excluding hydrogens is 414 g/mol. The molecule has 0 saturated carbocycles. The molecule has 0 aromatic heterocycles. The molecule has 1 unspecified atom stereocenters. The Bertz CT molecular complexity index is 868. The van der Waals surface area contributed by atoms with E-state index in [9.17, 15) is 14.0 Å². The minimum absolute atomic E-state index is 0.249. The second kappa shape index (κ2) is 8.67. The van der Waals surface area contributed by atoms with Gasteiger partial charge in [0, 0.05) is 24.2 Å². The van der Waals surface area contributed by atoms with Crippen LogP contribution in [-0.2, 0) is 18.8 Å². The molecule has 2 saturated heterocycles. The second-order valence-electron chi connectivity index (χ2n) is 10.6. The number of rotatable bonds is 3. The van der Waals surface area contributed by atoms with E-state index in [1.54, 1.807) is 37.8 Å². The molecule has 1 aromatic rings. The zero-order chi connectivity index (χ0) is 23.9. The zero-order valence-corrected chi connectivity index (χ0v) is 20.1. The van der Waals surface area contributed by atoms with Crippen molar-refractivity contribution in [3.63, 3.8) is 0 Å². The Morgan fingerprint density at radius 3 is 2.38 bits per heavy atom. The predicted molar refractivity (Wildman–Crippen MR) is 121 cm³/mol. The van der Waals surface area contributed by atoms with Gasteiger partial charge in [0.15, 0.2) is 0 Å². The highest BCUT2D eigenvalue weighted by molar-refractivity contribution is 6.62. The van der Waals surface area contributed by atoms with Crippen LogP contribution in [0.3, 0.4) is 0 Å². The van der Waals surface area contributed by atoms with E-state index in [1.165, 1.54) is 6.07 Å². The Labute approximate surface area is 190 Å². The van der Waals surface area contributed by atoms with E-state index < -0.39 is 35.8 Å². The lowest BCUT2D eigenvalue weighted by Gasteiger charge is -2.33. The highest BCUT2D eigenvalue weighted by atomic mass is 19.1. The Balaban J connectivity index is 1.63. The number of likely N-dealkylation sites (tertiary alicyclic amines) is 1. The zero-order valence-electron chi connectivity index (χ0n) is 20.1. The van der Waals surface area contributed by atoms with Crippen molar-refractivity contribution in [2.45, 2.75) is 78.1 Å². The molecule has 0 radical (unpaired) electrons. The van der Waals surface area contributed by atoms with E-state index in [1.807, 2.05) is 27.7 Å². The summed E-state index contributed by atoms with van der Waals surface area (Å²) in [5, 5.41) is 2.77. The molecule has 2 aliphatic rings. The second-order valence-corrected chi connectivity index (χ2v) is 10.6. The van der Waals surface area contributed by atoms with Gasteiger partial charge < -0.3 is 24.3 Å². The monoisotopic (exact) mass is 448 g/mol. The molecule has 0 spiro atoms. The molecule has 176 valence electrons. The van der Waals surface area contributed by atoms with E-state index in [0.717, 1.165) is 0 Å². The predicted octanol–water partition coefficient (Wildman–Crippen LogP) is 3.71. The summed E-state index contributed by atoms with van der Waals surface area (Å²) in [4.78, 5) is 26.7. The van der Waals surface area contributed by atoms with Crippen molar-refractivity contribution in [2.24, 2.45) is 5.92 Å². The molecule has 32 heavy (non-hydrogen) atoms. The van der Waals surface area contributed by atoms with Crippen molar-refractivity contribution in [2.75, 3.05) is 18.4 Å². The van der Waals surface area contributed by atoms with Crippen molar-refractivity contribution < 1.29 is 28.0 Å². The molecule has 1 atom stereocenters. The maximum absolute atomic E-state index is 14.8. The molecule has 0 aliphatic carbocycles. The van der Waals surface area contributed by atoms with Gasteiger partial charge in [0.1, 0.15) is 11.4 Å². The van der Waals surface area contributed by atoms with E-state index in [2.05, 4.69) is 5.32 Å². The third-order valence-corrected chi connectivity index (χ3v) is 6.22. The lowest BCUT2D eigenvalue weighted by Crippen LogP contribution is -2.45. The molecule has 1 aromatic carbocycles. The van der Waals surface area contributed by atoms with Crippen LogP contribution in [0.15, 0.2) is 18.2 Å². The number of benzene rings is 1. The summed E-state index contributed by atoms with van der Waals surface area (Å²) in [5.41, 5.74) is -1.10. The smallest absolute Gasteiger partial charge is 0.444 e. The number of ether oxygens (including phenoxy) is 1. The topological polar surface area (TPSA) is 77.1 Å². The van der Waals surface area contributed by atoms with Crippen molar-refractivity contribution in [3.8, 4) is 0 Å². The van der Waals surface area contributed by atoms with Gasteiger partial charge in [-0.15, -0.1) is 0 Å². The summed E-state index contributed by atoms with van der Waals surface area (Å²) in [5.74, 6) is -1.15. The average molecular weight is 448 g/mol. The van der Waals surface area contributed by atoms with Crippen LogP contribution >= 0.6 is 0 Å². The number of piperidine rings is 1. The fourth-order valence-electron chi connectivity index (χ4n) is 3.69. The molecular formula is C23H34BFN2O5. The van der Waals surface area contributed by atoms with Crippen LogP contribution in [-0.4, -0.2) is 53.9 Å². The standard InChI is InChI=1S/C23H34BFN2O5/c1-21(2,3)30-20(29)27-12-8-9-15(14-27)19(28)26-16-10-11-17(18(25)13-16)24-31-22(4,5)23(6,7)32-24/h10-11,13,15H,8-9,12,14H2,1-7H3,(H,26,28). The van der Waals surface area contributed by atoms with Gasteiger partial charge in [-0.25, -0.2) is 9.18 Å². The first-order valence-electron chi connectivity index (χ1n) is 11.1. The molecule has 7 nitrogen and oxygen atoms in total. The number of amides is 2. The summed E-state index contributed by atoms with van der Waals surface area (Å²) in [6.45, 7) is 13.9. The highest BCUT2D eigenvalue weighted by Gasteiger charge is 2.52. The fourth-order valence-corrected chi connectivity index (χ4v) is 3.69. The Morgan fingerprint density at radius 1 is 1.19 bits per heavy atom. The Morgan fingerprint density at radius 2 is 1.81 bits per heavy atom. The lowest BCUT2D eigenvalue weighted by atomic mass is 9.78. The fraction of sp³-hybridized carbons (Fsp3) is 0.652. The number of anilines is 1. The number of carbonyl (C=O) groups excluding carboxylic acids is 2. The number of nitrogens with zero attached hydrogens (tertiary/aromatic N) is 1. The molecule has 0 bridgehead atoms. The molecule has 2 aliphatic heterocycles. The summed E-state index contributed by atoms with van der Waals surface area (Å²) in [7, 11) is -0.814. The van der Waals surface area contributed by atoms with Gasteiger partial charge in [0.05, 0.1) is 17.1 Å². The summed E-state index contributed by atoms with van der Waals surface area (Å²) in [6.07, 6.45) is 0.930. The first kappa shape index (κ1) is 24.5. The van der Waals surface area contributed by atoms with Crippen LogP contribution in [0.25, 0.3) is 0 Å². The summed E-state index contributed by atoms with van der Waals surface area (Å²) in [6, 6.07) is 4.48. The van der Waals surface area contributed by atoms with Crippen LogP contribution in [0, 0.1) is 11.7 Å². The minimum Gasteiger partial charge on any atom is -0.444 e. The van der Waals surface area contributed by atoms with Crippen molar-refractivity contribution in [1.29, 1.82) is 0 Å². The Kier molecular flexibility index (Phi) is 6.64. The molecule has 2 amide bonds. The van der Waals surface area contributed by atoms with Gasteiger partial charge >= 0.3 is 13.2 Å². The van der Waals surface area contributed by atoms with Gasteiger partial charge in [-0.1, -0.05) is 6.07 Å². The molecule has 2 fully saturated rings. The van der Waals surface area contributed by atoms with Crippen LogP contribution in [0.1, 0.15) is 61.3 Å². The number of carbonyl (C=O) groups is 2. The number of hydrogen-bond acceptors (Lipinski definition) is 5. The van der Waals surface area contributed by atoms with Crippen molar-refractivity contribution >= 4 is 30.3 Å². The molecule has 2 heterocycles. The molecule has 1 N–H and O–H groups in total. The minimum atomic E-state index is -0.814. The quantitative estimate of drug-likeness (QED) is 0.714. The molecule has 3 rings (SSSR count). The maximum atomic E-state index is 14.8. The normalized spacial score (nSPS) is 22.6. The maximum Gasteiger partial charge on any atom is 0.497 e. The van der Waals surface area contributed by atoms with Crippen LogP contribution in [0.2, 0.25) is 0 Å².